The molecule has 2 aliphatic rings. The number of rotatable bonds is 7. The van der Waals surface area contributed by atoms with Crippen molar-refractivity contribution in [2.45, 2.75) is 44.8 Å². The lowest BCUT2D eigenvalue weighted by Gasteiger charge is -2.40. The van der Waals surface area contributed by atoms with Crippen LogP contribution in [0, 0.1) is 0 Å². The van der Waals surface area contributed by atoms with Crippen molar-refractivity contribution in [1.29, 1.82) is 0 Å². The molecule has 1 amide bonds. The van der Waals surface area contributed by atoms with Gasteiger partial charge in [0, 0.05) is 70.3 Å². The molecule has 2 saturated heterocycles. The summed E-state index contributed by atoms with van der Waals surface area (Å²) in [4.78, 5) is 29.2. The average Bonchev–Trinajstić information content (AvgIpc) is 3.23. The number of carbonyl (C=O) groups excluding carboxylic acids is 1. The summed E-state index contributed by atoms with van der Waals surface area (Å²) in [6.45, 7) is 9.15. The van der Waals surface area contributed by atoms with Crippen LogP contribution in [0.4, 0.5) is 5.82 Å². The van der Waals surface area contributed by atoms with E-state index in [2.05, 4.69) is 62.3 Å². The minimum atomic E-state index is -0.154. The number of benzene rings is 1. The summed E-state index contributed by atoms with van der Waals surface area (Å²) in [6.07, 6.45) is 7.05. The predicted molar refractivity (Wildman–Crippen MR) is 147 cm³/mol. The van der Waals surface area contributed by atoms with Gasteiger partial charge >= 0.3 is 0 Å². The van der Waals surface area contributed by atoms with Crippen LogP contribution in [0.25, 0.3) is 0 Å². The summed E-state index contributed by atoms with van der Waals surface area (Å²) in [6, 6.07) is 21.6. The van der Waals surface area contributed by atoms with Gasteiger partial charge in [-0.15, -0.1) is 0 Å². The number of hydrogen-bond donors (Lipinski definition) is 1. The fourth-order valence-electron chi connectivity index (χ4n) is 5.61. The van der Waals surface area contributed by atoms with E-state index in [4.69, 9.17) is 4.98 Å². The van der Waals surface area contributed by atoms with Crippen LogP contribution >= 0.6 is 0 Å². The highest BCUT2D eigenvalue weighted by atomic mass is 16.1. The molecule has 0 spiro atoms. The van der Waals surface area contributed by atoms with Crippen molar-refractivity contribution in [1.82, 2.24) is 25.1 Å². The monoisotopic (exact) mass is 498 g/mol. The summed E-state index contributed by atoms with van der Waals surface area (Å²) in [5.74, 6) is 0.737. The zero-order chi connectivity index (χ0) is 25.5. The fourth-order valence-corrected chi connectivity index (χ4v) is 5.61. The Balaban J connectivity index is 1.13. The average molecular weight is 499 g/mol. The molecule has 194 valence electrons. The number of nitrogens with zero attached hydrogens (tertiary/aromatic N) is 5. The Bertz CT molecular complexity index is 1130. The normalized spacial score (nSPS) is 18.8. The van der Waals surface area contributed by atoms with Gasteiger partial charge in [0.05, 0.1) is 0 Å². The highest BCUT2D eigenvalue weighted by molar-refractivity contribution is 5.92. The van der Waals surface area contributed by atoms with Gasteiger partial charge < -0.3 is 10.2 Å². The van der Waals surface area contributed by atoms with E-state index < -0.39 is 0 Å². The predicted octanol–water partition coefficient (Wildman–Crippen LogP) is 4.14. The lowest BCUT2D eigenvalue weighted by molar-refractivity contribution is 0.0917. The summed E-state index contributed by atoms with van der Waals surface area (Å²) < 4.78 is 0. The molecule has 1 N–H and O–H groups in total. The number of likely N-dealkylation sites (tertiary alicyclic amines) is 1. The third-order valence-electron chi connectivity index (χ3n) is 7.84. The molecule has 0 radical (unpaired) electrons. The summed E-state index contributed by atoms with van der Waals surface area (Å²) in [5, 5.41) is 2.96. The van der Waals surface area contributed by atoms with Crippen molar-refractivity contribution >= 4 is 11.7 Å². The van der Waals surface area contributed by atoms with Gasteiger partial charge in [0.15, 0.2) is 0 Å². The third-order valence-corrected chi connectivity index (χ3v) is 7.84. The molecule has 7 nitrogen and oxygen atoms in total. The molecule has 37 heavy (non-hydrogen) atoms. The molecule has 7 heteroatoms. The first-order valence-electron chi connectivity index (χ1n) is 13.6. The van der Waals surface area contributed by atoms with Crippen molar-refractivity contribution in [2.75, 3.05) is 44.2 Å². The highest BCUT2D eigenvalue weighted by Crippen LogP contribution is 2.27. The number of hydrogen-bond acceptors (Lipinski definition) is 6. The van der Waals surface area contributed by atoms with E-state index in [9.17, 15) is 4.79 Å². The topological polar surface area (TPSA) is 64.6 Å². The van der Waals surface area contributed by atoms with Crippen molar-refractivity contribution in [2.24, 2.45) is 0 Å². The molecule has 2 aliphatic heterocycles. The van der Waals surface area contributed by atoms with Crippen molar-refractivity contribution in [3.05, 3.63) is 89.9 Å². The Kier molecular flexibility index (Phi) is 8.43. The largest absolute Gasteiger partial charge is 0.355 e. The minimum absolute atomic E-state index is 0.154. The Morgan fingerprint density at radius 3 is 2.57 bits per heavy atom. The zero-order valence-electron chi connectivity index (χ0n) is 21.8. The van der Waals surface area contributed by atoms with Crippen LogP contribution in [0.5, 0.6) is 0 Å². The first-order valence-corrected chi connectivity index (χ1v) is 13.6. The van der Waals surface area contributed by atoms with Gasteiger partial charge in [0.2, 0.25) is 0 Å². The number of anilines is 1. The maximum absolute atomic E-state index is 12.7. The lowest BCUT2D eigenvalue weighted by atomic mass is 9.99. The molecule has 0 saturated carbocycles. The van der Waals surface area contributed by atoms with Crippen LogP contribution in [-0.2, 0) is 6.54 Å². The van der Waals surface area contributed by atoms with Crippen molar-refractivity contribution in [3.63, 3.8) is 0 Å². The molecule has 3 aromatic rings. The third kappa shape index (κ3) is 6.53. The van der Waals surface area contributed by atoms with Crippen LogP contribution in [0.3, 0.4) is 0 Å². The second-order valence-corrected chi connectivity index (χ2v) is 10.2. The fraction of sp³-hybridized carbons (Fsp3) is 0.433. The smallest absolute Gasteiger partial charge is 0.270 e. The van der Waals surface area contributed by atoms with Crippen LogP contribution in [0.1, 0.15) is 53.8 Å². The quantitative estimate of drug-likeness (QED) is 0.528. The Morgan fingerprint density at radius 2 is 1.78 bits per heavy atom. The van der Waals surface area contributed by atoms with Gasteiger partial charge in [-0.1, -0.05) is 42.5 Å². The Hall–Kier alpha value is -3.29. The van der Waals surface area contributed by atoms with E-state index in [1.54, 1.807) is 18.5 Å². The van der Waals surface area contributed by atoms with Gasteiger partial charge in [0.25, 0.3) is 5.91 Å². The Morgan fingerprint density at radius 1 is 0.946 bits per heavy atom. The van der Waals surface area contributed by atoms with Gasteiger partial charge in [-0.25, -0.2) is 4.98 Å². The maximum Gasteiger partial charge on any atom is 0.270 e. The van der Waals surface area contributed by atoms with E-state index in [0.717, 1.165) is 57.1 Å². The number of carbonyl (C=O) groups is 1. The van der Waals surface area contributed by atoms with Crippen molar-refractivity contribution in [3.8, 4) is 0 Å². The zero-order valence-corrected chi connectivity index (χ0v) is 21.8. The van der Waals surface area contributed by atoms with Gasteiger partial charge in [-0.2, -0.15) is 0 Å². The van der Waals surface area contributed by atoms with Gasteiger partial charge in [-0.05, 0) is 55.5 Å². The van der Waals surface area contributed by atoms with E-state index in [0.29, 0.717) is 24.3 Å². The minimum Gasteiger partial charge on any atom is -0.355 e. The van der Waals surface area contributed by atoms with E-state index in [-0.39, 0.29) is 5.91 Å². The maximum atomic E-state index is 12.7. The van der Waals surface area contributed by atoms with Gasteiger partial charge in [0.1, 0.15) is 11.5 Å². The molecule has 2 aromatic heterocycles. The first kappa shape index (κ1) is 25.4. The molecule has 0 bridgehead atoms. The summed E-state index contributed by atoms with van der Waals surface area (Å²) in [7, 11) is 0. The molecular weight excluding hydrogens is 460 g/mol. The first-order chi connectivity index (χ1) is 18.2. The van der Waals surface area contributed by atoms with Crippen LogP contribution < -0.4 is 10.2 Å². The summed E-state index contributed by atoms with van der Waals surface area (Å²) >= 11 is 0. The van der Waals surface area contributed by atoms with E-state index in [1.807, 2.05) is 24.3 Å². The van der Waals surface area contributed by atoms with E-state index in [1.165, 1.54) is 18.4 Å². The molecule has 4 heterocycles. The highest BCUT2D eigenvalue weighted by Gasteiger charge is 2.28. The molecular formula is C30H38N6O. The van der Waals surface area contributed by atoms with Crippen LogP contribution in [0.15, 0.2) is 73.1 Å². The van der Waals surface area contributed by atoms with Gasteiger partial charge in [-0.3, -0.25) is 19.6 Å². The Labute approximate surface area is 220 Å². The second kappa shape index (κ2) is 12.3. The molecule has 1 aromatic carbocycles. The number of pyridine rings is 2. The second-order valence-electron chi connectivity index (χ2n) is 10.2. The van der Waals surface area contributed by atoms with Crippen molar-refractivity contribution < 1.29 is 4.79 Å². The van der Waals surface area contributed by atoms with Crippen LogP contribution in [0.2, 0.25) is 0 Å². The summed E-state index contributed by atoms with van der Waals surface area (Å²) in [5.41, 5.74) is 2.84. The number of nitrogens with one attached hydrogen (secondary N) is 1. The number of aromatic nitrogens is 2. The SMILES string of the molecule is C[C@H](c1ccccc1)N1CCC(N2CCCN(c3cccc(C(=O)NCc4cccnc4)n3)CC2)CC1. The number of piperidine rings is 1. The lowest BCUT2D eigenvalue weighted by Crippen LogP contribution is -2.46. The molecule has 0 unspecified atom stereocenters. The molecule has 5 rings (SSSR count). The van der Waals surface area contributed by atoms with Crippen LogP contribution in [-0.4, -0.2) is 71.0 Å². The molecule has 0 aliphatic carbocycles. The van der Waals surface area contributed by atoms with E-state index >= 15 is 0 Å². The molecule has 2 fully saturated rings. The number of amides is 1. The standard InChI is InChI=1S/C30H38N6O/c1-24(26-9-3-2-4-10-26)34-18-13-27(14-19-34)35-16-7-17-36(21-20-35)29-12-5-11-28(33-29)30(37)32-23-25-8-6-15-31-22-25/h2-6,8-12,15,22,24,27H,7,13-14,16-21,23H2,1H3,(H,32,37)/t24-/m1/s1. The molecule has 1 atom stereocenters.